The van der Waals surface area contributed by atoms with Gasteiger partial charge >= 0.3 is 5.76 Å². The zero-order valence-corrected chi connectivity index (χ0v) is 18.8. The number of amides is 1. The number of fused-ring (bicyclic) bond motifs is 1. The van der Waals surface area contributed by atoms with Gasteiger partial charge in [-0.3, -0.25) is 9.36 Å². The lowest BCUT2D eigenvalue weighted by Crippen LogP contribution is -2.27. The van der Waals surface area contributed by atoms with Gasteiger partial charge in [-0.1, -0.05) is 0 Å². The number of rotatable bonds is 7. The van der Waals surface area contributed by atoms with Crippen LogP contribution in [0.1, 0.15) is 19.3 Å². The van der Waals surface area contributed by atoms with Crippen molar-refractivity contribution in [1.29, 1.82) is 0 Å². The molecule has 0 aliphatic carbocycles. The van der Waals surface area contributed by atoms with E-state index in [1.54, 1.807) is 24.3 Å². The monoisotopic (exact) mass is 483 g/mol. The van der Waals surface area contributed by atoms with E-state index in [9.17, 15) is 18.0 Å². The molecule has 1 fully saturated rings. The Morgan fingerprint density at radius 1 is 1.09 bits per heavy atom. The predicted octanol–water partition coefficient (Wildman–Crippen LogP) is 2.46. The molecule has 5 rings (SSSR count). The first-order valence-electron chi connectivity index (χ1n) is 10.7. The van der Waals surface area contributed by atoms with Crippen LogP contribution < -0.4 is 11.1 Å². The number of carbonyl (C=O) groups excluding carboxylic acids is 1. The largest absolute Gasteiger partial charge is 0.423 e. The van der Waals surface area contributed by atoms with Crippen LogP contribution in [0.15, 0.2) is 67.4 Å². The van der Waals surface area contributed by atoms with Crippen LogP contribution in [0.5, 0.6) is 0 Å². The first-order valence-corrected chi connectivity index (χ1v) is 12.2. The Bertz CT molecular complexity index is 1480. The molecule has 0 bridgehead atoms. The average Bonchev–Trinajstić information content (AvgIpc) is 3.59. The number of nitrogens with zero attached hydrogens (tertiary/aromatic N) is 4. The third-order valence-electron chi connectivity index (χ3n) is 5.68. The van der Waals surface area contributed by atoms with Crippen LogP contribution in [0.3, 0.4) is 0 Å². The van der Waals surface area contributed by atoms with Gasteiger partial charge in [-0.15, -0.1) is 10.2 Å². The number of nitrogens with one attached hydrogen (secondary N) is 1. The van der Waals surface area contributed by atoms with Crippen molar-refractivity contribution in [1.82, 2.24) is 19.1 Å². The number of benzene rings is 2. The highest BCUT2D eigenvalue weighted by atomic mass is 32.2. The van der Waals surface area contributed by atoms with Gasteiger partial charge < -0.3 is 14.2 Å². The van der Waals surface area contributed by atoms with Crippen molar-refractivity contribution in [2.24, 2.45) is 0 Å². The Morgan fingerprint density at radius 3 is 2.56 bits per heavy atom. The normalized spacial score (nSPS) is 14.6. The summed E-state index contributed by atoms with van der Waals surface area (Å²) in [5.41, 5.74) is 1.90. The fraction of sp³-hybridized carbons (Fsp3) is 0.273. The second kappa shape index (κ2) is 8.88. The van der Waals surface area contributed by atoms with E-state index < -0.39 is 15.8 Å². The number of aromatic nitrogens is 3. The Kier molecular flexibility index (Phi) is 5.75. The minimum atomic E-state index is -3.63. The second-order valence-electron chi connectivity index (χ2n) is 7.88. The van der Waals surface area contributed by atoms with Crippen molar-refractivity contribution >= 4 is 32.7 Å². The molecular formula is C22H21N5O6S. The van der Waals surface area contributed by atoms with Gasteiger partial charge in [0.1, 0.15) is 0 Å². The summed E-state index contributed by atoms with van der Waals surface area (Å²) in [7, 11) is -3.63. The number of oxazole rings is 1. The SMILES string of the molecule is O=C(CCn1c(=O)oc2cc(S(=O)(=O)N3CCCC3)ccc21)Nc1ccc(-c2nnco2)cc1. The summed E-state index contributed by atoms with van der Waals surface area (Å²) >= 11 is 0. The van der Waals surface area contributed by atoms with Crippen LogP contribution in [0.25, 0.3) is 22.6 Å². The van der Waals surface area contributed by atoms with Gasteiger partial charge in [0.15, 0.2) is 5.58 Å². The molecule has 0 atom stereocenters. The fourth-order valence-electron chi connectivity index (χ4n) is 3.93. The minimum Gasteiger partial charge on any atom is -0.423 e. The lowest BCUT2D eigenvalue weighted by Gasteiger charge is -2.15. The van der Waals surface area contributed by atoms with Crippen molar-refractivity contribution in [3.63, 3.8) is 0 Å². The van der Waals surface area contributed by atoms with E-state index >= 15 is 0 Å². The maximum Gasteiger partial charge on any atom is 0.419 e. The smallest absolute Gasteiger partial charge is 0.419 e. The number of aryl methyl sites for hydroxylation is 1. The summed E-state index contributed by atoms with van der Waals surface area (Å²) in [5.74, 6) is -0.567. The third-order valence-corrected chi connectivity index (χ3v) is 7.58. The van der Waals surface area contributed by atoms with E-state index in [1.165, 1.54) is 33.5 Å². The van der Waals surface area contributed by atoms with Crippen molar-refractivity contribution < 1.29 is 22.0 Å². The standard InChI is InChI=1S/C22H21N5O6S/c28-20(24-16-5-3-15(4-6-16)21-25-23-14-32-21)9-12-27-18-8-7-17(13-19(18)33-22(27)29)34(30,31)26-10-1-2-11-26/h3-8,13-14H,1-2,9-12H2,(H,24,28). The average molecular weight is 484 g/mol. The molecule has 11 nitrogen and oxygen atoms in total. The van der Waals surface area contributed by atoms with Crippen molar-refractivity contribution in [3.05, 3.63) is 59.4 Å². The summed E-state index contributed by atoms with van der Waals surface area (Å²) in [5, 5.41) is 10.2. The lowest BCUT2D eigenvalue weighted by molar-refractivity contribution is -0.116. The lowest BCUT2D eigenvalue weighted by atomic mass is 10.2. The Balaban J connectivity index is 1.27. The summed E-state index contributed by atoms with van der Waals surface area (Å²) in [6.07, 6.45) is 2.92. The Morgan fingerprint density at radius 2 is 1.85 bits per heavy atom. The van der Waals surface area contributed by atoms with Crippen molar-refractivity contribution in [3.8, 4) is 11.5 Å². The fourth-order valence-corrected chi connectivity index (χ4v) is 5.46. The van der Waals surface area contributed by atoms with Crippen LogP contribution >= 0.6 is 0 Å². The van der Waals surface area contributed by atoms with E-state index in [4.69, 9.17) is 8.83 Å². The van der Waals surface area contributed by atoms with Crippen LogP contribution in [-0.2, 0) is 21.4 Å². The molecule has 1 saturated heterocycles. The molecule has 0 unspecified atom stereocenters. The van der Waals surface area contributed by atoms with E-state index in [2.05, 4.69) is 15.5 Å². The predicted molar refractivity (Wildman–Crippen MR) is 121 cm³/mol. The third kappa shape index (κ3) is 4.24. The molecule has 4 aromatic rings. The van der Waals surface area contributed by atoms with Crippen molar-refractivity contribution in [2.75, 3.05) is 18.4 Å². The summed E-state index contributed by atoms with van der Waals surface area (Å²) < 4.78 is 38.7. The molecule has 2 aromatic carbocycles. The Labute approximate surface area is 194 Å². The van der Waals surface area contributed by atoms with Gasteiger partial charge in [0, 0.05) is 43.4 Å². The van der Waals surface area contributed by atoms with E-state index in [1.807, 2.05) is 0 Å². The summed E-state index contributed by atoms with van der Waals surface area (Å²) in [6.45, 7) is 1.05. The topological polar surface area (TPSA) is 141 Å². The van der Waals surface area contributed by atoms with E-state index in [0.29, 0.717) is 30.2 Å². The molecule has 1 aliphatic rings. The maximum absolute atomic E-state index is 12.8. The van der Waals surface area contributed by atoms with Gasteiger partial charge in [-0.25, -0.2) is 13.2 Å². The number of anilines is 1. The van der Waals surface area contributed by atoms with Crippen molar-refractivity contribution in [2.45, 2.75) is 30.7 Å². The van der Waals surface area contributed by atoms with Crippen LogP contribution in [-0.4, -0.2) is 46.5 Å². The number of hydrogen-bond donors (Lipinski definition) is 1. The zero-order chi connectivity index (χ0) is 23.7. The Hall–Kier alpha value is -3.77. The summed E-state index contributed by atoms with van der Waals surface area (Å²) in [6, 6.07) is 11.3. The van der Waals surface area contributed by atoms with Gasteiger partial charge in [0.05, 0.1) is 10.4 Å². The molecule has 1 aliphatic heterocycles. The molecule has 2 aromatic heterocycles. The molecule has 3 heterocycles. The molecule has 34 heavy (non-hydrogen) atoms. The first kappa shape index (κ1) is 22.0. The zero-order valence-electron chi connectivity index (χ0n) is 18.0. The maximum atomic E-state index is 12.8. The highest BCUT2D eigenvalue weighted by Crippen LogP contribution is 2.24. The molecule has 0 saturated carbocycles. The van der Waals surface area contributed by atoms with Gasteiger partial charge in [0.25, 0.3) is 0 Å². The molecular weight excluding hydrogens is 462 g/mol. The number of sulfonamides is 1. The second-order valence-corrected chi connectivity index (χ2v) is 9.82. The van der Waals surface area contributed by atoms with E-state index in [0.717, 1.165) is 18.4 Å². The molecule has 0 radical (unpaired) electrons. The van der Waals surface area contributed by atoms with Crippen LogP contribution in [0.2, 0.25) is 0 Å². The number of hydrogen-bond acceptors (Lipinski definition) is 8. The molecule has 1 N–H and O–H groups in total. The van der Waals surface area contributed by atoms with Crippen LogP contribution in [0, 0.1) is 0 Å². The first-order chi connectivity index (χ1) is 16.4. The van der Waals surface area contributed by atoms with Gasteiger partial charge in [-0.2, -0.15) is 4.31 Å². The molecule has 176 valence electrons. The van der Waals surface area contributed by atoms with Gasteiger partial charge in [0.2, 0.25) is 28.2 Å². The quantitative estimate of drug-likeness (QED) is 0.423. The minimum absolute atomic E-state index is 0.0216. The highest BCUT2D eigenvalue weighted by molar-refractivity contribution is 7.89. The van der Waals surface area contributed by atoms with E-state index in [-0.39, 0.29) is 29.4 Å². The van der Waals surface area contributed by atoms with Crippen LogP contribution in [0.4, 0.5) is 5.69 Å². The summed E-state index contributed by atoms with van der Waals surface area (Å²) in [4.78, 5) is 24.9. The highest BCUT2D eigenvalue weighted by Gasteiger charge is 2.28. The van der Waals surface area contributed by atoms with Gasteiger partial charge in [-0.05, 0) is 49.2 Å². The molecule has 12 heteroatoms. The molecule has 1 amide bonds. The molecule has 0 spiro atoms. The number of carbonyl (C=O) groups is 1.